The van der Waals surface area contributed by atoms with Gasteiger partial charge < -0.3 is 9.47 Å². The minimum Gasteiger partial charge on any atom is -0.493 e. The average Bonchev–Trinajstić information content (AvgIpc) is 2.46. The fraction of sp³-hybridized carbons (Fsp3) is 0.588. The maximum atomic E-state index is 11.3. The molecule has 4 heteroatoms. The molecule has 0 aliphatic heterocycles. The number of rotatable bonds is 9. The van der Waals surface area contributed by atoms with Gasteiger partial charge in [0.1, 0.15) is 5.75 Å². The lowest BCUT2D eigenvalue weighted by molar-refractivity contribution is -0.141. The summed E-state index contributed by atoms with van der Waals surface area (Å²) < 4.78 is 10.6. The minimum atomic E-state index is -0.182. The smallest absolute Gasteiger partial charge is 0.319 e. The van der Waals surface area contributed by atoms with Gasteiger partial charge in [0.2, 0.25) is 0 Å². The van der Waals surface area contributed by atoms with Crippen molar-refractivity contribution in [3.05, 3.63) is 29.3 Å². The quantitative estimate of drug-likeness (QED) is 0.518. The second-order valence-electron chi connectivity index (χ2n) is 5.32. The van der Waals surface area contributed by atoms with E-state index in [4.69, 9.17) is 9.47 Å². The first-order chi connectivity index (χ1) is 10.1. The van der Waals surface area contributed by atoms with E-state index in [1.54, 1.807) is 0 Å². The zero-order valence-corrected chi connectivity index (χ0v) is 13.6. The molecule has 1 aromatic rings. The van der Waals surface area contributed by atoms with Crippen LogP contribution in [0.15, 0.2) is 18.2 Å². The first-order valence-corrected chi connectivity index (χ1v) is 7.56. The monoisotopic (exact) mass is 293 g/mol. The van der Waals surface area contributed by atoms with E-state index in [-0.39, 0.29) is 5.97 Å². The van der Waals surface area contributed by atoms with Gasteiger partial charge in [0.05, 0.1) is 20.3 Å². The van der Waals surface area contributed by atoms with Crippen LogP contribution in [-0.4, -0.2) is 44.2 Å². The Morgan fingerprint density at radius 3 is 2.67 bits per heavy atom. The molecular weight excluding hydrogens is 266 g/mol. The van der Waals surface area contributed by atoms with Gasteiger partial charge in [0, 0.05) is 6.54 Å². The second kappa shape index (κ2) is 9.40. The highest BCUT2D eigenvalue weighted by atomic mass is 16.5. The summed E-state index contributed by atoms with van der Waals surface area (Å²) in [6.07, 6.45) is 1.92. The van der Waals surface area contributed by atoms with Gasteiger partial charge in [-0.2, -0.15) is 0 Å². The van der Waals surface area contributed by atoms with Crippen molar-refractivity contribution in [2.24, 2.45) is 0 Å². The standard InChI is InChI=1S/C17H27NO3/c1-5-9-18(13-17(19)20-4)10-6-11-21-16-12-14(2)7-8-15(16)3/h7-8,12H,5-6,9-11,13H2,1-4H3. The van der Waals surface area contributed by atoms with Gasteiger partial charge in [-0.1, -0.05) is 19.1 Å². The van der Waals surface area contributed by atoms with Crippen molar-refractivity contribution in [3.63, 3.8) is 0 Å². The number of nitrogens with zero attached hydrogens (tertiary/aromatic N) is 1. The number of ether oxygens (including phenoxy) is 2. The SMILES string of the molecule is CCCN(CCCOc1cc(C)ccc1C)CC(=O)OC. The Morgan fingerprint density at radius 2 is 2.00 bits per heavy atom. The number of carbonyl (C=O) groups excluding carboxylic acids is 1. The Labute approximate surface area is 128 Å². The van der Waals surface area contributed by atoms with Crippen LogP contribution in [0.4, 0.5) is 0 Å². The van der Waals surface area contributed by atoms with E-state index in [2.05, 4.69) is 43.9 Å². The lowest BCUT2D eigenvalue weighted by atomic mass is 10.1. The second-order valence-corrected chi connectivity index (χ2v) is 5.32. The predicted molar refractivity (Wildman–Crippen MR) is 84.8 cm³/mol. The molecule has 0 amide bonds. The van der Waals surface area contributed by atoms with Crippen molar-refractivity contribution in [1.82, 2.24) is 4.90 Å². The molecule has 21 heavy (non-hydrogen) atoms. The van der Waals surface area contributed by atoms with Crippen molar-refractivity contribution in [2.45, 2.75) is 33.6 Å². The molecule has 0 N–H and O–H groups in total. The van der Waals surface area contributed by atoms with Gasteiger partial charge in [0.25, 0.3) is 0 Å². The van der Waals surface area contributed by atoms with Crippen LogP contribution in [0, 0.1) is 13.8 Å². The fourth-order valence-electron chi connectivity index (χ4n) is 2.17. The highest BCUT2D eigenvalue weighted by molar-refractivity contribution is 5.71. The number of aryl methyl sites for hydroxylation is 2. The Bertz CT molecular complexity index is 446. The van der Waals surface area contributed by atoms with Gasteiger partial charge in [-0.25, -0.2) is 0 Å². The summed E-state index contributed by atoms with van der Waals surface area (Å²) in [7, 11) is 1.43. The van der Waals surface area contributed by atoms with E-state index in [1.165, 1.54) is 12.7 Å². The number of hydrogen-bond donors (Lipinski definition) is 0. The normalized spacial score (nSPS) is 10.7. The third kappa shape index (κ3) is 6.63. The van der Waals surface area contributed by atoms with Gasteiger partial charge >= 0.3 is 5.97 Å². The largest absolute Gasteiger partial charge is 0.493 e. The lowest BCUT2D eigenvalue weighted by Crippen LogP contribution is -2.32. The minimum absolute atomic E-state index is 0.182. The molecule has 0 aliphatic carbocycles. The highest BCUT2D eigenvalue weighted by Crippen LogP contribution is 2.19. The summed E-state index contributed by atoms with van der Waals surface area (Å²) in [5, 5.41) is 0. The van der Waals surface area contributed by atoms with Gasteiger partial charge in [0.15, 0.2) is 0 Å². The Kier molecular flexibility index (Phi) is 7.83. The third-order valence-corrected chi connectivity index (χ3v) is 3.34. The summed E-state index contributed by atoms with van der Waals surface area (Å²) in [5.74, 6) is 0.768. The van der Waals surface area contributed by atoms with Crippen LogP contribution in [-0.2, 0) is 9.53 Å². The van der Waals surface area contributed by atoms with Gasteiger partial charge in [-0.3, -0.25) is 9.69 Å². The summed E-state index contributed by atoms with van der Waals surface area (Å²) in [6, 6.07) is 6.22. The Hall–Kier alpha value is -1.55. The number of hydrogen-bond acceptors (Lipinski definition) is 4. The number of esters is 1. The molecule has 1 aromatic carbocycles. The fourth-order valence-corrected chi connectivity index (χ4v) is 2.17. The van der Waals surface area contributed by atoms with E-state index < -0.39 is 0 Å². The molecule has 0 unspecified atom stereocenters. The molecule has 0 bridgehead atoms. The molecule has 0 atom stereocenters. The van der Waals surface area contributed by atoms with E-state index in [0.717, 1.165) is 37.2 Å². The summed E-state index contributed by atoms with van der Waals surface area (Å²) in [4.78, 5) is 13.4. The van der Waals surface area contributed by atoms with Crippen LogP contribution in [0.3, 0.4) is 0 Å². The molecule has 0 aromatic heterocycles. The predicted octanol–water partition coefficient (Wildman–Crippen LogP) is 2.96. The van der Waals surface area contributed by atoms with Gasteiger partial charge in [-0.05, 0) is 50.4 Å². The Balaban J connectivity index is 2.36. The van der Waals surface area contributed by atoms with Crippen molar-refractivity contribution in [3.8, 4) is 5.75 Å². The van der Waals surface area contributed by atoms with Crippen LogP contribution in [0.1, 0.15) is 30.9 Å². The summed E-state index contributed by atoms with van der Waals surface area (Å²) in [6.45, 7) is 8.98. The molecule has 0 fully saturated rings. The molecule has 1 rings (SSSR count). The maximum absolute atomic E-state index is 11.3. The average molecular weight is 293 g/mol. The van der Waals surface area contributed by atoms with Crippen LogP contribution in [0.25, 0.3) is 0 Å². The topological polar surface area (TPSA) is 38.8 Å². The van der Waals surface area contributed by atoms with Crippen LogP contribution in [0.2, 0.25) is 0 Å². The molecule has 0 saturated heterocycles. The van der Waals surface area contributed by atoms with E-state index in [0.29, 0.717) is 13.2 Å². The highest BCUT2D eigenvalue weighted by Gasteiger charge is 2.09. The van der Waals surface area contributed by atoms with E-state index in [1.807, 2.05) is 0 Å². The zero-order chi connectivity index (χ0) is 15.7. The first-order valence-electron chi connectivity index (χ1n) is 7.56. The maximum Gasteiger partial charge on any atom is 0.319 e. The molecule has 0 radical (unpaired) electrons. The van der Waals surface area contributed by atoms with Crippen LogP contribution >= 0.6 is 0 Å². The lowest BCUT2D eigenvalue weighted by Gasteiger charge is -2.20. The van der Waals surface area contributed by atoms with Crippen LogP contribution < -0.4 is 4.74 Å². The molecule has 0 aliphatic rings. The molecule has 118 valence electrons. The van der Waals surface area contributed by atoms with Gasteiger partial charge in [-0.15, -0.1) is 0 Å². The molecular formula is C17H27NO3. The van der Waals surface area contributed by atoms with Crippen LogP contribution in [0.5, 0.6) is 5.75 Å². The first kappa shape index (κ1) is 17.5. The number of methoxy groups -OCH3 is 1. The van der Waals surface area contributed by atoms with Crippen molar-refractivity contribution in [1.29, 1.82) is 0 Å². The zero-order valence-electron chi connectivity index (χ0n) is 13.6. The van der Waals surface area contributed by atoms with Crippen molar-refractivity contribution in [2.75, 3.05) is 33.4 Å². The molecule has 4 nitrogen and oxygen atoms in total. The summed E-state index contributed by atoms with van der Waals surface area (Å²) >= 11 is 0. The molecule has 0 saturated carbocycles. The van der Waals surface area contributed by atoms with E-state index >= 15 is 0 Å². The van der Waals surface area contributed by atoms with E-state index in [9.17, 15) is 4.79 Å². The molecule has 0 spiro atoms. The summed E-state index contributed by atoms with van der Waals surface area (Å²) in [5.41, 5.74) is 2.36. The van der Waals surface area contributed by atoms with Crippen molar-refractivity contribution >= 4 is 5.97 Å². The number of benzene rings is 1. The third-order valence-electron chi connectivity index (χ3n) is 3.34. The Morgan fingerprint density at radius 1 is 1.24 bits per heavy atom. The number of carbonyl (C=O) groups is 1. The molecule has 0 heterocycles. The van der Waals surface area contributed by atoms with Crippen molar-refractivity contribution < 1.29 is 14.3 Å².